The molecule has 0 unspecified atom stereocenters. The van der Waals surface area contributed by atoms with E-state index >= 15 is 0 Å². The molecule has 2 aliphatic rings. The van der Waals surface area contributed by atoms with Crippen LogP contribution in [0.3, 0.4) is 0 Å². The minimum Gasteiger partial charge on any atom is -0.283 e. The maximum atomic E-state index is 12.3. The monoisotopic (exact) mass is 390 g/mol. The van der Waals surface area contributed by atoms with E-state index in [1.807, 2.05) is 24.3 Å². The molecule has 1 N–H and O–H groups in total. The van der Waals surface area contributed by atoms with Gasteiger partial charge in [-0.25, -0.2) is 13.3 Å². The molecule has 0 fully saturated rings. The van der Waals surface area contributed by atoms with Crippen molar-refractivity contribution in [3.8, 4) is 0 Å². The zero-order chi connectivity index (χ0) is 19.1. The summed E-state index contributed by atoms with van der Waals surface area (Å²) in [6.45, 7) is 5.68. The Bertz CT molecular complexity index is 974. The van der Waals surface area contributed by atoms with Crippen LogP contribution < -0.4 is 0 Å². The summed E-state index contributed by atoms with van der Waals surface area (Å²) in [4.78, 5) is 17.3. The average molecular weight is 390 g/mol. The number of hydrogen-bond donors (Lipinski definition) is 1. The van der Waals surface area contributed by atoms with Crippen LogP contribution in [0.15, 0.2) is 39.2 Å². The zero-order valence-corrected chi connectivity index (χ0v) is 16.2. The van der Waals surface area contributed by atoms with E-state index in [9.17, 15) is 13.2 Å². The van der Waals surface area contributed by atoms with E-state index in [1.165, 1.54) is 6.92 Å². The molecule has 0 saturated carbocycles. The fourth-order valence-corrected chi connectivity index (χ4v) is 4.44. The van der Waals surface area contributed by atoms with Gasteiger partial charge in [0.25, 0.3) is 5.91 Å². The lowest BCUT2D eigenvalue weighted by molar-refractivity contribution is -0.114. The Kier molecular flexibility index (Phi) is 4.85. The third-order valence-corrected chi connectivity index (χ3v) is 6.47. The Morgan fingerprint density at radius 1 is 1.27 bits per heavy atom. The van der Waals surface area contributed by atoms with Crippen LogP contribution in [0.2, 0.25) is 0 Å². The van der Waals surface area contributed by atoms with Crippen molar-refractivity contribution in [2.75, 3.05) is 5.75 Å². The van der Waals surface area contributed by atoms with E-state index < -0.39 is 15.7 Å². The molecule has 0 bridgehead atoms. The van der Waals surface area contributed by atoms with Gasteiger partial charge < -0.3 is 0 Å². The Hall–Kier alpha value is -2.26. The number of carbonyl (C=O) groups excluding carboxylic acids is 1. The minimum atomic E-state index is -3.64. The number of nitrogens with zero attached hydrogens (tertiary/aromatic N) is 3. The van der Waals surface area contributed by atoms with E-state index in [2.05, 4.69) is 23.2 Å². The SMILES string of the molecule is CCS(=O)(=O)C1=NSC2=NC(=O)/C(=C\c3ccc(C(C)C)cc3)C(=N)N21. The first-order valence-electron chi connectivity index (χ1n) is 8.06. The van der Waals surface area contributed by atoms with Crippen molar-refractivity contribution >= 4 is 49.9 Å². The second kappa shape index (κ2) is 6.81. The van der Waals surface area contributed by atoms with Gasteiger partial charge in [0.15, 0.2) is 0 Å². The van der Waals surface area contributed by atoms with Crippen molar-refractivity contribution in [2.24, 2.45) is 9.39 Å². The Labute approximate surface area is 156 Å². The van der Waals surface area contributed by atoms with E-state index in [4.69, 9.17) is 5.41 Å². The third kappa shape index (κ3) is 3.24. The summed E-state index contributed by atoms with van der Waals surface area (Å²) in [6, 6.07) is 7.64. The van der Waals surface area contributed by atoms with Crippen LogP contribution in [0.1, 0.15) is 37.8 Å². The molecule has 1 aromatic carbocycles. The number of hydrogen-bond acceptors (Lipinski definition) is 6. The van der Waals surface area contributed by atoms with Crippen LogP contribution in [0.5, 0.6) is 0 Å². The summed E-state index contributed by atoms with van der Waals surface area (Å²) in [5.74, 6) is -0.563. The summed E-state index contributed by atoms with van der Waals surface area (Å²) >= 11 is 0.793. The second-order valence-electron chi connectivity index (χ2n) is 6.13. The average Bonchev–Trinajstić information content (AvgIpc) is 3.03. The summed E-state index contributed by atoms with van der Waals surface area (Å²) < 4.78 is 28.3. The quantitative estimate of drug-likeness (QED) is 0.631. The number of rotatable bonds is 3. The maximum Gasteiger partial charge on any atom is 0.283 e. The molecule has 1 aromatic rings. The number of carbonyl (C=O) groups is 1. The third-order valence-electron chi connectivity index (χ3n) is 4.07. The van der Waals surface area contributed by atoms with Crippen LogP contribution in [-0.4, -0.2) is 41.1 Å². The highest BCUT2D eigenvalue weighted by Gasteiger charge is 2.41. The largest absolute Gasteiger partial charge is 0.283 e. The van der Waals surface area contributed by atoms with Gasteiger partial charge >= 0.3 is 0 Å². The van der Waals surface area contributed by atoms with E-state index in [1.54, 1.807) is 6.08 Å². The predicted octanol–water partition coefficient (Wildman–Crippen LogP) is 2.82. The van der Waals surface area contributed by atoms with Crippen LogP contribution >= 0.6 is 11.9 Å². The smallest absolute Gasteiger partial charge is 0.283 e. The number of amides is 1. The molecule has 1 amide bonds. The fraction of sp³-hybridized carbons (Fsp3) is 0.294. The Balaban J connectivity index is 1.99. The maximum absolute atomic E-state index is 12.3. The Morgan fingerprint density at radius 2 is 1.92 bits per heavy atom. The summed E-state index contributed by atoms with van der Waals surface area (Å²) in [6.07, 6.45) is 1.55. The lowest BCUT2D eigenvalue weighted by Gasteiger charge is -2.24. The molecule has 0 saturated heterocycles. The first kappa shape index (κ1) is 18.5. The molecule has 136 valence electrons. The highest BCUT2D eigenvalue weighted by atomic mass is 32.2. The van der Waals surface area contributed by atoms with Gasteiger partial charge in [-0.3, -0.25) is 10.2 Å². The van der Waals surface area contributed by atoms with Gasteiger partial charge in [-0.05, 0) is 23.1 Å². The number of nitrogens with one attached hydrogen (secondary N) is 1. The highest BCUT2D eigenvalue weighted by Crippen LogP contribution is 2.30. The topological polar surface area (TPSA) is 103 Å². The Morgan fingerprint density at radius 3 is 2.50 bits per heavy atom. The van der Waals surface area contributed by atoms with Gasteiger partial charge in [0.1, 0.15) is 5.84 Å². The number of fused-ring (bicyclic) bond motifs is 1. The summed E-state index contributed by atoms with van der Waals surface area (Å²) in [7, 11) is -3.64. The van der Waals surface area contributed by atoms with Crippen molar-refractivity contribution in [1.29, 1.82) is 5.41 Å². The van der Waals surface area contributed by atoms with Crippen molar-refractivity contribution in [2.45, 2.75) is 26.7 Å². The first-order valence-corrected chi connectivity index (χ1v) is 10.5. The second-order valence-corrected chi connectivity index (χ2v) is 9.03. The molecule has 0 aliphatic carbocycles. The van der Waals surface area contributed by atoms with E-state index in [0.717, 1.165) is 28.0 Å². The summed E-state index contributed by atoms with van der Waals surface area (Å²) in [5.41, 5.74) is 1.94. The van der Waals surface area contributed by atoms with Gasteiger partial charge in [0, 0.05) is 0 Å². The van der Waals surface area contributed by atoms with E-state index in [0.29, 0.717) is 5.92 Å². The molecule has 0 aromatic heterocycles. The van der Waals surface area contributed by atoms with Crippen molar-refractivity contribution < 1.29 is 13.2 Å². The molecular weight excluding hydrogens is 372 g/mol. The number of aliphatic imine (C=N–C) groups is 1. The van der Waals surface area contributed by atoms with E-state index in [-0.39, 0.29) is 27.5 Å². The van der Waals surface area contributed by atoms with Crippen LogP contribution in [0, 0.1) is 5.41 Å². The minimum absolute atomic E-state index is 0.0348. The number of amidine groups is 3. The van der Waals surface area contributed by atoms with Gasteiger partial charge in [0.05, 0.1) is 23.3 Å². The first-order chi connectivity index (χ1) is 12.2. The number of sulfone groups is 1. The standard InChI is InChI=1S/C17H18N4O3S2/c1-4-26(23,24)17-20-25-16-19-15(22)13(14(18)21(16)17)9-11-5-7-12(8-6-11)10(2)3/h5-10,18H,4H2,1-3H3/b13-9-,18-14?. The molecule has 0 spiro atoms. The van der Waals surface area contributed by atoms with Gasteiger partial charge in [-0.2, -0.15) is 9.39 Å². The molecule has 7 nitrogen and oxygen atoms in total. The van der Waals surface area contributed by atoms with Gasteiger partial charge in [-0.1, -0.05) is 45.0 Å². The lowest BCUT2D eigenvalue weighted by Crippen LogP contribution is -2.45. The molecular formula is C17H18N4O3S2. The van der Waals surface area contributed by atoms with Gasteiger partial charge in [0.2, 0.25) is 20.2 Å². The normalized spacial score (nSPS) is 19.1. The predicted molar refractivity (Wildman–Crippen MR) is 105 cm³/mol. The zero-order valence-electron chi connectivity index (χ0n) is 14.6. The molecule has 0 atom stereocenters. The van der Waals surface area contributed by atoms with Crippen molar-refractivity contribution in [1.82, 2.24) is 4.90 Å². The summed E-state index contributed by atoms with van der Waals surface area (Å²) in [5, 5.41) is 8.20. The lowest BCUT2D eigenvalue weighted by atomic mass is 10.0. The van der Waals surface area contributed by atoms with Crippen molar-refractivity contribution in [3.63, 3.8) is 0 Å². The molecule has 26 heavy (non-hydrogen) atoms. The molecule has 9 heteroatoms. The van der Waals surface area contributed by atoms with Crippen LogP contribution in [0.25, 0.3) is 6.08 Å². The number of benzene rings is 1. The van der Waals surface area contributed by atoms with Crippen molar-refractivity contribution in [3.05, 3.63) is 41.0 Å². The molecule has 2 heterocycles. The molecule has 3 rings (SSSR count). The fourth-order valence-electron chi connectivity index (χ4n) is 2.47. The molecule has 2 aliphatic heterocycles. The van der Waals surface area contributed by atoms with Crippen LogP contribution in [0.4, 0.5) is 0 Å². The molecule has 0 radical (unpaired) electrons. The highest BCUT2D eigenvalue weighted by molar-refractivity contribution is 8.16. The van der Waals surface area contributed by atoms with Crippen LogP contribution in [-0.2, 0) is 14.6 Å². The van der Waals surface area contributed by atoms with Gasteiger partial charge in [-0.15, -0.1) is 0 Å².